The third-order valence-electron chi connectivity index (χ3n) is 3.30. The van der Waals surface area contributed by atoms with Crippen LogP contribution in [-0.2, 0) is 4.74 Å². The molecule has 0 amide bonds. The van der Waals surface area contributed by atoms with Crippen LogP contribution in [-0.4, -0.2) is 29.8 Å². The number of ether oxygens (including phenoxy) is 2. The minimum Gasteiger partial charge on any atom is -0.477 e. The molecule has 1 atom stereocenters. The lowest BCUT2D eigenvalue weighted by Gasteiger charge is -2.11. The molecule has 0 radical (unpaired) electrons. The number of hydrogen-bond acceptors (Lipinski definition) is 6. The Hall–Kier alpha value is -1.40. The molecule has 18 heavy (non-hydrogen) atoms. The molecule has 1 aliphatic heterocycles. The second-order valence-electron chi connectivity index (χ2n) is 4.91. The van der Waals surface area contributed by atoms with Crippen molar-refractivity contribution in [1.29, 1.82) is 0 Å². The monoisotopic (exact) mass is 250 g/mol. The number of nitrogens with one attached hydrogen (secondary N) is 1. The zero-order chi connectivity index (χ0) is 12.4. The SMILES string of the molecule is NNc1cc(OCC2CCOC2)nc(C2CC2)n1. The van der Waals surface area contributed by atoms with E-state index in [1.165, 1.54) is 0 Å². The van der Waals surface area contributed by atoms with Gasteiger partial charge in [0, 0.05) is 24.5 Å². The number of aromatic nitrogens is 2. The normalized spacial score (nSPS) is 23.1. The summed E-state index contributed by atoms with van der Waals surface area (Å²) >= 11 is 0. The molecule has 3 rings (SSSR count). The number of nitrogens with zero attached hydrogens (tertiary/aromatic N) is 2. The molecule has 2 fully saturated rings. The van der Waals surface area contributed by atoms with Gasteiger partial charge in [-0.25, -0.2) is 10.8 Å². The summed E-state index contributed by atoms with van der Waals surface area (Å²) in [6, 6.07) is 1.74. The average Bonchev–Trinajstić information content (AvgIpc) is 3.13. The van der Waals surface area contributed by atoms with E-state index in [4.69, 9.17) is 15.3 Å². The lowest BCUT2D eigenvalue weighted by atomic mass is 10.1. The summed E-state index contributed by atoms with van der Waals surface area (Å²) in [5, 5.41) is 0. The van der Waals surface area contributed by atoms with Gasteiger partial charge in [-0.1, -0.05) is 0 Å². The largest absolute Gasteiger partial charge is 0.477 e. The third-order valence-corrected chi connectivity index (χ3v) is 3.30. The van der Waals surface area contributed by atoms with Crippen LogP contribution in [0.3, 0.4) is 0 Å². The number of hydrazine groups is 1. The highest BCUT2D eigenvalue weighted by atomic mass is 16.5. The van der Waals surface area contributed by atoms with E-state index < -0.39 is 0 Å². The second-order valence-corrected chi connectivity index (χ2v) is 4.91. The highest BCUT2D eigenvalue weighted by Gasteiger charge is 2.27. The van der Waals surface area contributed by atoms with Crippen molar-refractivity contribution in [2.75, 3.05) is 25.2 Å². The van der Waals surface area contributed by atoms with Crippen LogP contribution < -0.4 is 16.0 Å². The van der Waals surface area contributed by atoms with E-state index in [-0.39, 0.29) is 0 Å². The van der Waals surface area contributed by atoms with Gasteiger partial charge < -0.3 is 14.9 Å². The quantitative estimate of drug-likeness (QED) is 0.600. The van der Waals surface area contributed by atoms with Crippen LogP contribution in [0.2, 0.25) is 0 Å². The topological polar surface area (TPSA) is 82.3 Å². The lowest BCUT2D eigenvalue weighted by Crippen LogP contribution is -2.14. The maximum Gasteiger partial charge on any atom is 0.218 e. The highest BCUT2D eigenvalue weighted by molar-refractivity contribution is 5.38. The number of hydrogen-bond donors (Lipinski definition) is 2. The molecule has 2 aliphatic rings. The Morgan fingerprint density at radius 2 is 2.28 bits per heavy atom. The van der Waals surface area contributed by atoms with Gasteiger partial charge in [-0.2, -0.15) is 4.98 Å². The molecule has 1 unspecified atom stereocenters. The number of anilines is 1. The highest BCUT2D eigenvalue weighted by Crippen LogP contribution is 2.39. The van der Waals surface area contributed by atoms with Gasteiger partial charge in [-0.05, 0) is 19.3 Å². The lowest BCUT2D eigenvalue weighted by molar-refractivity contribution is 0.165. The first-order valence-electron chi connectivity index (χ1n) is 6.41. The molecule has 6 nitrogen and oxygen atoms in total. The van der Waals surface area contributed by atoms with Crippen molar-refractivity contribution in [1.82, 2.24) is 9.97 Å². The Kier molecular flexibility index (Phi) is 3.29. The standard InChI is InChI=1S/C12H18N4O2/c13-16-10-5-11(15-12(14-10)9-1-2-9)18-7-8-3-4-17-6-8/h5,8-9H,1-4,6-7,13H2,(H,14,15,16). The van der Waals surface area contributed by atoms with E-state index in [9.17, 15) is 0 Å². The van der Waals surface area contributed by atoms with Crippen LogP contribution in [0.1, 0.15) is 31.0 Å². The zero-order valence-electron chi connectivity index (χ0n) is 10.3. The molecule has 3 N–H and O–H groups in total. The van der Waals surface area contributed by atoms with E-state index >= 15 is 0 Å². The predicted molar refractivity (Wildman–Crippen MR) is 66.2 cm³/mol. The first-order chi connectivity index (χ1) is 8.85. The van der Waals surface area contributed by atoms with Crippen molar-refractivity contribution in [3.8, 4) is 5.88 Å². The second kappa shape index (κ2) is 5.07. The summed E-state index contributed by atoms with van der Waals surface area (Å²) in [5.41, 5.74) is 2.56. The van der Waals surface area contributed by atoms with Crippen molar-refractivity contribution in [2.24, 2.45) is 11.8 Å². The van der Waals surface area contributed by atoms with Crippen LogP contribution in [0.25, 0.3) is 0 Å². The van der Waals surface area contributed by atoms with Crippen LogP contribution in [0.4, 0.5) is 5.82 Å². The van der Waals surface area contributed by atoms with E-state index in [0.29, 0.717) is 30.1 Å². The summed E-state index contributed by atoms with van der Waals surface area (Å²) in [6.07, 6.45) is 3.37. The number of rotatable bonds is 5. The fourth-order valence-electron chi connectivity index (χ4n) is 2.03. The van der Waals surface area contributed by atoms with E-state index in [1.54, 1.807) is 6.07 Å². The Bertz CT molecular complexity index is 417. The zero-order valence-corrected chi connectivity index (χ0v) is 10.3. The summed E-state index contributed by atoms with van der Waals surface area (Å²) in [4.78, 5) is 8.78. The van der Waals surface area contributed by atoms with Crippen LogP contribution >= 0.6 is 0 Å². The van der Waals surface area contributed by atoms with Gasteiger partial charge in [0.25, 0.3) is 0 Å². The van der Waals surface area contributed by atoms with Gasteiger partial charge in [0.2, 0.25) is 5.88 Å². The molecular weight excluding hydrogens is 232 g/mol. The maximum absolute atomic E-state index is 5.72. The smallest absolute Gasteiger partial charge is 0.218 e. The van der Waals surface area contributed by atoms with Gasteiger partial charge in [-0.3, -0.25) is 0 Å². The van der Waals surface area contributed by atoms with Crippen LogP contribution in [0, 0.1) is 5.92 Å². The fraction of sp³-hybridized carbons (Fsp3) is 0.667. The summed E-state index contributed by atoms with van der Waals surface area (Å²) in [6.45, 7) is 2.26. The van der Waals surface area contributed by atoms with Gasteiger partial charge in [-0.15, -0.1) is 0 Å². The molecular formula is C12H18N4O2. The molecule has 1 aliphatic carbocycles. The van der Waals surface area contributed by atoms with Crippen molar-refractivity contribution >= 4 is 5.82 Å². The first-order valence-corrected chi connectivity index (χ1v) is 6.41. The van der Waals surface area contributed by atoms with Gasteiger partial charge in [0.1, 0.15) is 11.6 Å². The fourth-order valence-corrected chi connectivity index (χ4v) is 2.03. The molecule has 1 aromatic heterocycles. The minimum atomic E-state index is 0.471. The molecule has 0 bridgehead atoms. The summed E-state index contributed by atoms with van der Waals surface area (Å²) in [7, 11) is 0. The molecule has 1 saturated heterocycles. The Morgan fingerprint density at radius 1 is 1.39 bits per heavy atom. The summed E-state index contributed by atoms with van der Waals surface area (Å²) < 4.78 is 11.0. The van der Waals surface area contributed by atoms with Crippen LogP contribution in [0.5, 0.6) is 5.88 Å². The Labute approximate surface area is 106 Å². The maximum atomic E-state index is 5.72. The molecule has 0 aromatic carbocycles. The molecule has 2 heterocycles. The minimum absolute atomic E-state index is 0.471. The number of nitrogen functional groups attached to an aromatic ring is 1. The molecule has 1 saturated carbocycles. The Morgan fingerprint density at radius 3 is 2.94 bits per heavy atom. The van der Waals surface area contributed by atoms with Gasteiger partial charge >= 0.3 is 0 Å². The van der Waals surface area contributed by atoms with Gasteiger partial charge in [0.05, 0.1) is 13.2 Å². The van der Waals surface area contributed by atoms with E-state index in [0.717, 1.165) is 38.3 Å². The molecule has 1 aromatic rings. The first kappa shape index (κ1) is 11.7. The van der Waals surface area contributed by atoms with Crippen LogP contribution in [0.15, 0.2) is 6.07 Å². The molecule has 98 valence electrons. The molecule has 0 spiro atoms. The number of nitrogens with two attached hydrogens (primary N) is 1. The average molecular weight is 250 g/mol. The Balaban J connectivity index is 1.67. The van der Waals surface area contributed by atoms with E-state index in [1.807, 2.05) is 0 Å². The van der Waals surface area contributed by atoms with Crippen molar-refractivity contribution < 1.29 is 9.47 Å². The van der Waals surface area contributed by atoms with E-state index in [2.05, 4.69) is 15.4 Å². The predicted octanol–water partition coefficient (Wildman–Crippen LogP) is 1.05. The molecule has 6 heteroatoms. The van der Waals surface area contributed by atoms with Gasteiger partial charge in [0.15, 0.2) is 0 Å². The van der Waals surface area contributed by atoms with Crippen molar-refractivity contribution in [3.63, 3.8) is 0 Å². The van der Waals surface area contributed by atoms with Crippen molar-refractivity contribution in [2.45, 2.75) is 25.2 Å². The summed E-state index contributed by atoms with van der Waals surface area (Å²) in [5.74, 6) is 8.42. The third kappa shape index (κ3) is 2.70. The van der Waals surface area contributed by atoms with Crippen molar-refractivity contribution in [3.05, 3.63) is 11.9 Å².